The van der Waals surface area contributed by atoms with Crippen LogP contribution in [0.5, 0.6) is 5.75 Å². The highest BCUT2D eigenvalue weighted by atomic mass is 19.1. The summed E-state index contributed by atoms with van der Waals surface area (Å²) in [6, 6.07) is 4.77. The number of rotatable bonds is 9. The van der Waals surface area contributed by atoms with Crippen LogP contribution in [0.2, 0.25) is 0 Å². The third-order valence-electron chi connectivity index (χ3n) is 3.53. The van der Waals surface area contributed by atoms with Gasteiger partial charge in [0.1, 0.15) is 6.04 Å². The van der Waals surface area contributed by atoms with Crippen LogP contribution in [-0.4, -0.2) is 44.2 Å². The highest BCUT2D eigenvalue weighted by Crippen LogP contribution is 2.15. The van der Waals surface area contributed by atoms with Crippen LogP contribution < -0.4 is 10.1 Å². The molecule has 25 heavy (non-hydrogen) atoms. The predicted octanol–water partition coefficient (Wildman–Crippen LogP) is 1.45. The van der Waals surface area contributed by atoms with Gasteiger partial charge >= 0.3 is 11.9 Å². The van der Waals surface area contributed by atoms with Crippen molar-refractivity contribution in [3.8, 4) is 5.75 Å². The SMILES string of the molecule is CC[C@@H](C)[C@@H](NC(=O)COC(=O)COc1ccccc1F)C(=O)OC. The second-order valence-corrected chi connectivity index (χ2v) is 5.33. The molecule has 0 aliphatic rings. The number of hydrogen-bond donors (Lipinski definition) is 1. The van der Waals surface area contributed by atoms with Crippen molar-refractivity contribution in [2.24, 2.45) is 5.92 Å². The molecular formula is C17H22FNO6. The van der Waals surface area contributed by atoms with E-state index in [0.717, 1.165) is 0 Å². The fraction of sp³-hybridized carbons (Fsp3) is 0.471. The van der Waals surface area contributed by atoms with E-state index in [0.29, 0.717) is 6.42 Å². The Labute approximate surface area is 145 Å². The summed E-state index contributed by atoms with van der Waals surface area (Å²) in [4.78, 5) is 35.1. The molecule has 1 N–H and O–H groups in total. The van der Waals surface area contributed by atoms with Crippen molar-refractivity contribution in [3.05, 3.63) is 30.1 Å². The molecule has 0 aliphatic carbocycles. The van der Waals surface area contributed by atoms with Gasteiger partial charge < -0.3 is 19.5 Å². The minimum absolute atomic E-state index is 0.0913. The van der Waals surface area contributed by atoms with Crippen LogP contribution >= 0.6 is 0 Å². The summed E-state index contributed by atoms with van der Waals surface area (Å²) >= 11 is 0. The van der Waals surface area contributed by atoms with Gasteiger partial charge in [0.15, 0.2) is 24.8 Å². The summed E-state index contributed by atoms with van der Waals surface area (Å²) in [6.07, 6.45) is 0.649. The fourth-order valence-electron chi connectivity index (χ4n) is 1.90. The van der Waals surface area contributed by atoms with Gasteiger partial charge in [-0.05, 0) is 18.1 Å². The summed E-state index contributed by atoms with van der Waals surface area (Å²) in [5.41, 5.74) is 0. The molecule has 8 heteroatoms. The summed E-state index contributed by atoms with van der Waals surface area (Å²) in [5.74, 6) is -2.89. The first-order valence-corrected chi connectivity index (χ1v) is 7.79. The molecule has 0 bridgehead atoms. The maximum Gasteiger partial charge on any atom is 0.344 e. The molecule has 0 saturated carbocycles. The van der Waals surface area contributed by atoms with Crippen molar-refractivity contribution >= 4 is 17.8 Å². The Morgan fingerprint density at radius 2 is 1.88 bits per heavy atom. The van der Waals surface area contributed by atoms with Gasteiger partial charge in [0.05, 0.1) is 7.11 Å². The van der Waals surface area contributed by atoms with E-state index >= 15 is 0 Å². The number of nitrogens with one attached hydrogen (secondary N) is 1. The lowest BCUT2D eigenvalue weighted by molar-refractivity contribution is -0.152. The zero-order chi connectivity index (χ0) is 18.8. The van der Waals surface area contributed by atoms with E-state index < -0.39 is 42.9 Å². The largest absolute Gasteiger partial charge is 0.479 e. The van der Waals surface area contributed by atoms with Gasteiger partial charge in [-0.1, -0.05) is 32.4 Å². The smallest absolute Gasteiger partial charge is 0.344 e. The van der Waals surface area contributed by atoms with E-state index in [2.05, 4.69) is 10.1 Å². The molecule has 1 amide bonds. The molecule has 0 fully saturated rings. The highest BCUT2D eigenvalue weighted by Gasteiger charge is 2.26. The molecular weight excluding hydrogens is 333 g/mol. The lowest BCUT2D eigenvalue weighted by atomic mass is 9.99. The maximum absolute atomic E-state index is 13.3. The first-order valence-electron chi connectivity index (χ1n) is 7.79. The minimum atomic E-state index is -0.837. The minimum Gasteiger partial charge on any atom is -0.479 e. The van der Waals surface area contributed by atoms with E-state index in [1.165, 1.54) is 25.3 Å². The number of amides is 1. The Morgan fingerprint density at radius 3 is 2.48 bits per heavy atom. The van der Waals surface area contributed by atoms with Crippen LogP contribution in [0.1, 0.15) is 20.3 Å². The number of hydrogen-bond acceptors (Lipinski definition) is 6. The third-order valence-corrected chi connectivity index (χ3v) is 3.53. The Balaban J connectivity index is 2.42. The van der Waals surface area contributed by atoms with Crippen LogP contribution in [0.25, 0.3) is 0 Å². The first-order chi connectivity index (χ1) is 11.9. The number of carbonyl (C=O) groups is 3. The molecule has 7 nitrogen and oxygen atoms in total. The molecule has 0 saturated heterocycles. The van der Waals surface area contributed by atoms with Gasteiger partial charge in [-0.2, -0.15) is 0 Å². The lowest BCUT2D eigenvalue weighted by Crippen LogP contribution is -2.47. The summed E-state index contributed by atoms with van der Waals surface area (Å²) in [5, 5.41) is 2.47. The van der Waals surface area contributed by atoms with Crippen LogP contribution in [0.3, 0.4) is 0 Å². The van der Waals surface area contributed by atoms with Gasteiger partial charge in [0.25, 0.3) is 5.91 Å². The maximum atomic E-state index is 13.3. The van der Waals surface area contributed by atoms with Crippen molar-refractivity contribution in [1.29, 1.82) is 0 Å². The molecule has 0 unspecified atom stereocenters. The van der Waals surface area contributed by atoms with E-state index in [9.17, 15) is 18.8 Å². The van der Waals surface area contributed by atoms with Crippen LogP contribution in [0.15, 0.2) is 24.3 Å². The Bertz CT molecular complexity index is 607. The van der Waals surface area contributed by atoms with Crippen LogP contribution in [-0.2, 0) is 23.9 Å². The van der Waals surface area contributed by atoms with Crippen LogP contribution in [0, 0.1) is 11.7 Å². The number of esters is 2. The van der Waals surface area contributed by atoms with E-state index in [1.807, 2.05) is 6.92 Å². The van der Waals surface area contributed by atoms with Gasteiger partial charge in [-0.15, -0.1) is 0 Å². The molecule has 0 spiro atoms. The number of benzene rings is 1. The zero-order valence-electron chi connectivity index (χ0n) is 14.4. The molecule has 0 radical (unpaired) electrons. The quantitative estimate of drug-likeness (QED) is 0.674. The van der Waals surface area contributed by atoms with Crippen molar-refractivity contribution in [2.45, 2.75) is 26.3 Å². The summed E-state index contributed by atoms with van der Waals surface area (Å²) in [7, 11) is 1.23. The normalized spacial score (nSPS) is 12.6. The second-order valence-electron chi connectivity index (χ2n) is 5.33. The van der Waals surface area contributed by atoms with E-state index in [4.69, 9.17) is 9.47 Å². The van der Waals surface area contributed by atoms with Gasteiger partial charge in [-0.3, -0.25) is 4.79 Å². The third kappa shape index (κ3) is 6.78. The monoisotopic (exact) mass is 355 g/mol. The Kier molecular flexibility index (Phi) is 8.38. The van der Waals surface area contributed by atoms with Crippen molar-refractivity contribution in [2.75, 3.05) is 20.3 Å². The average molecular weight is 355 g/mol. The molecule has 1 rings (SSSR count). The topological polar surface area (TPSA) is 90.9 Å². The molecule has 2 atom stereocenters. The number of halogens is 1. The Morgan fingerprint density at radius 1 is 1.20 bits per heavy atom. The van der Waals surface area contributed by atoms with Crippen molar-refractivity contribution in [3.63, 3.8) is 0 Å². The van der Waals surface area contributed by atoms with E-state index in [-0.39, 0.29) is 11.7 Å². The summed E-state index contributed by atoms with van der Waals surface area (Å²) in [6.45, 7) is 2.53. The molecule has 1 aromatic carbocycles. The van der Waals surface area contributed by atoms with Gasteiger partial charge in [-0.25, -0.2) is 14.0 Å². The zero-order valence-corrected chi connectivity index (χ0v) is 14.4. The van der Waals surface area contributed by atoms with Crippen LogP contribution in [0.4, 0.5) is 4.39 Å². The van der Waals surface area contributed by atoms with Gasteiger partial charge in [0, 0.05) is 0 Å². The molecule has 0 aliphatic heterocycles. The number of methoxy groups -OCH3 is 1. The fourth-order valence-corrected chi connectivity index (χ4v) is 1.90. The standard InChI is InChI=1S/C17H22FNO6/c1-4-11(2)16(17(22)23-3)19-14(20)9-25-15(21)10-24-13-8-6-5-7-12(13)18/h5-8,11,16H,4,9-10H2,1-3H3,(H,19,20)/t11-,16-/m1/s1. The second kappa shape index (κ2) is 10.3. The highest BCUT2D eigenvalue weighted by molar-refractivity contribution is 5.86. The summed E-state index contributed by atoms with van der Waals surface area (Å²) < 4.78 is 27.7. The van der Waals surface area contributed by atoms with Crippen molar-refractivity contribution in [1.82, 2.24) is 5.32 Å². The van der Waals surface area contributed by atoms with Crippen molar-refractivity contribution < 1.29 is 33.0 Å². The lowest BCUT2D eigenvalue weighted by Gasteiger charge is -2.21. The number of para-hydroxylation sites is 1. The Hall–Kier alpha value is -2.64. The molecule has 0 heterocycles. The molecule has 138 valence electrons. The average Bonchev–Trinajstić information content (AvgIpc) is 2.62. The van der Waals surface area contributed by atoms with E-state index in [1.54, 1.807) is 13.0 Å². The predicted molar refractivity (Wildman–Crippen MR) is 86.3 cm³/mol. The molecule has 1 aromatic rings. The molecule has 0 aromatic heterocycles. The number of carbonyl (C=O) groups excluding carboxylic acids is 3. The number of ether oxygens (including phenoxy) is 3. The van der Waals surface area contributed by atoms with Gasteiger partial charge in [0.2, 0.25) is 0 Å². The first kappa shape index (κ1) is 20.4.